The number of hydrogen-bond donors (Lipinski definition) is 2. The average molecular weight is 253 g/mol. The van der Waals surface area contributed by atoms with E-state index in [-0.39, 0.29) is 12.4 Å². The van der Waals surface area contributed by atoms with Gasteiger partial charge in [-0.05, 0) is 31.5 Å². The van der Waals surface area contributed by atoms with E-state index in [1.54, 1.807) is 4.68 Å². The highest BCUT2D eigenvalue weighted by atomic mass is 35.5. The predicted octanol–water partition coefficient (Wildman–Crippen LogP) is 1.77. The van der Waals surface area contributed by atoms with Gasteiger partial charge >= 0.3 is 0 Å². The van der Waals surface area contributed by atoms with E-state index in [0.29, 0.717) is 12.4 Å². The van der Waals surface area contributed by atoms with Crippen LogP contribution in [0, 0.1) is 0 Å². The zero-order valence-corrected chi connectivity index (χ0v) is 10.4. The van der Waals surface area contributed by atoms with Crippen LogP contribution in [0.4, 0.5) is 5.82 Å². The lowest BCUT2D eigenvalue weighted by Crippen LogP contribution is -2.03. The molecule has 2 rings (SSSR count). The average Bonchev–Trinajstić information content (AvgIpc) is 2.69. The summed E-state index contributed by atoms with van der Waals surface area (Å²) in [6.45, 7) is 0.679. The highest BCUT2D eigenvalue weighted by Crippen LogP contribution is 2.14. The fraction of sp³-hybridized carbons (Fsp3) is 0.250. The van der Waals surface area contributed by atoms with Crippen LogP contribution in [-0.4, -0.2) is 16.3 Å². The summed E-state index contributed by atoms with van der Waals surface area (Å²) < 4.78 is 1.76. The molecule has 4 N–H and O–H groups in total. The predicted molar refractivity (Wildman–Crippen MR) is 72.6 cm³/mol. The van der Waals surface area contributed by atoms with Gasteiger partial charge in [-0.15, -0.1) is 12.4 Å². The van der Waals surface area contributed by atoms with E-state index in [9.17, 15) is 0 Å². The van der Waals surface area contributed by atoms with E-state index < -0.39 is 0 Å². The number of nitrogens with zero attached hydrogens (tertiary/aromatic N) is 2. The van der Waals surface area contributed by atoms with Gasteiger partial charge in [0.05, 0.1) is 11.4 Å². The van der Waals surface area contributed by atoms with Crippen LogP contribution in [0.25, 0.3) is 5.69 Å². The SMILES string of the molecule is Cl.NCCCc1cc(N)n(-c2ccccc2)n1. The van der Waals surface area contributed by atoms with Crippen molar-refractivity contribution in [1.82, 2.24) is 9.78 Å². The van der Waals surface area contributed by atoms with Gasteiger partial charge in [0.25, 0.3) is 0 Å². The molecule has 0 aliphatic rings. The summed E-state index contributed by atoms with van der Waals surface area (Å²) in [5, 5.41) is 4.45. The van der Waals surface area contributed by atoms with Crippen molar-refractivity contribution in [2.45, 2.75) is 12.8 Å². The van der Waals surface area contributed by atoms with Crippen LogP contribution in [0.2, 0.25) is 0 Å². The van der Waals surface area contributed by atoms with E-state index >= 15 is 0 Å². The zero-order chi connectivity index (χ0) is 11.4. The molecule has 0 unspecified atom stereocenters. The molecule has 0 atom stereocenters. The first-order valence-electron chi connectivity index (χ1n) is 5.41. The number of benzene rings is 1. The van der Waals surface area contributed by atoms with Crippen LogP contribution in [0.3, 0.4) is 0 Å². The standard InChI is InChI=1S/C12H16N4.ClH/c13-8-4-5-10-9-12(14)16(15-10)11-6-2-1-3-7-11;/h1-3,6-7,9H,4-5,8,13-14H2;1H. The maximum atomic E-state index is 5.91. The molecule has 0 radical (unpaired) electrons. The molecular weight excluding hydrogens is 236 g/mol. The molecule has 92 valence electrons. The monoisotopic (exact) mass is 252 g/mol. The summed E-state index contributed by atoms with van der Waals surface area (Å²) in [5.74, 6) is 0.665. The van der Waals surface area contributed by atoms with Crippen LogP contribution in [0.15, 0.2) is 36.4 Å². The van der Waals surface area contributed by atoms with Crippen molar-refractivity contribution in [1.29, 1.82) is 0 Å². The Morgan fingerprint density at radius 2 is 1.88 bits per heavy atom. The minimum Gasteiger partial charge on any atom is -0.384 e. The molecule has 0 fully saturated rings. The maximum absolute atomic E-state index is 5.91. The third-order valence-corrected chi connectivity index (χ3v) is 2.43. The number of anilines is 1. The molecule has 1 aromatic heterocycles. The maximum Gasteiger partial charge on any atom is 0.127 e. The van der Waals surface area contributed by atoms with E-state index in [1.165, 1.54) is 0 Å². The van der Waals surface area contributed by atoms with Gasteiger partial charge in [0.15, 0.2) is 0 Å². The number of halogens is 1. The number of rotatable bonds is 4. The molecule has 1 aromatic carbocycles. The summed E-state index contributed by atoms with van der Waals surface area (Å²) in [6.07, 6.45) is 1.81. The van der Waals surface area contributed by atoms with Crippen LogP contribution in [0.5, 0.6) is 0 Å². The molecule has 0 saturated carbocycles. The Labute approximate surface area is 107 Å². The van der Waals surface area contributed by atoms with E-state index in [2.05, 4.69) is 5.10 Å². The van der Waals surface area contributed by atoms with Crippen molar-refractivity contribution in [2.75, 3.05) is 12.3 Å². The van der Waals surface area contributed by atoms with E-state index in [1.807, 2.05) is 36.4 Å². The van der Waals surface area contributed by atoms with Gasteiger partial charge in [-0.1, -0.05) is 18.2 Å². The number of nitrogens with two attached hydrogens (primary N) is 2. The Balaban J connectivity index is 0.00000144. The normalized spacial score (nSPS) is 9.94. The Hall–Kier alpha value is -1.52. The van der Waals surface area contributed by atoms with Gasteiger partial charge in [-0.3, -0.25) is 0 Å². The summed E-state index contributed by atoms with van der Waals surface area (Å²) in [7, 11) is 0. The van der Waals surface area contributed by atoms with Crippen LogP contribution >= 0.6 is 12.4 Å². The van der Waals surface area contributed by atoms with Crippen LogP contribution in [-0.2, 0) is 6.42 Å². The lowest BCUT2D eigenvalue weighted by Gasteiger charge is -2.02. The molecule has 0 spiro atoms. The first-order valence-corrected chi connectivity index (χ1v) is 5.41. The highest BCUT2D eigenvalue weighted by molar-refractivity contribution is 5.85. The van der Waals surface area contributed by atoms with Gasteiger partial charge < -0.3 is 11.5 Å². The Kier molecular flexibility index (Phi) is 5.00. The second-order valence-corrected chi connectivity index (χ2v) is 3.70. The number of aromatic nitrogens is 2. The van der Waals surface area contributed by atoms with Crippen molar-refractivity contribution in [3.8, 4) is 5.69 Å². The quantitative estimate of drug-likeness (QED) is 0.871. The van der Waals surface area contributed by atoms with Crippen LogP contribution < -0.4 is 11.5 Å². The molecule has 5 heteroatoms. The van der Waals surface area contributed by atoms with Crippen molar-refractivity contribution >= 4 is 18.2 Å². The number of hydrogen-bond acceptors (Lipinski definition) is 3. The molecule has 0 aliphatic carbocycles. The van der Waals surface area contributed by atoms with E-state index in [0.717, 1.165) is 24.2 Å². The molecule has 1 heterocycles. The fourth-order valence-corrected chi connectivity index (χ4v) is 1.63. The number of para-hydroxylation sites is 1. The molecule has 0 amide bonds. The lowest BCUT2D eigenvalue weighted by molar-refractivity contribution is 0.777. The minimum atomic E-state index is 0. The molecular formula is C12H17ClN4. The second kappa shape index (κ2) is 6.27. The van der Waals surface area contributed by atoms with Gasteiger partial charge in [-0.25, -0.2) is 4.68 Å². The second-order valence-electron chi connectivity index (χ2n) is 3.70. The van der Waals surface area contributed by atoms with Gasteiger partial charge in [0, 0.05) is 6.07 Å². The first-order chi connectivity index (χ1) is 7.81. The summed E-state index contributed by atoms with van der Waals surface area (Å²) in [4.78, 5) is 0. The Morgan fingerprint density at radius 1 is 1.18 bits per heavy atom. The molecule has 0 saturated heterocycles. The summed E-state index contributed by atoms with van der Waals surface area (Å²) in [6, 6.07) is 11.8. The number of aryl methyl sites for hydroxylation is 1. The topological polar surface area (TPSA) is 69.9 Å². The highest BCUT2D eigenvalue weighted by Gasteiger charge is 2.05. The van der Waals surface area contributed by atoms with Crippen molar-refractivity contribution in [2.24, 2.45) is 5.73 Å². The molecule has 4 nitrogen and oxygen atoms in total. The van der Waals surface area contributed by atoms with Gasteiger partial charge in [-0.2, -0.15) is 5.10 Å². The summed E-state index contributed by atoms with van der Waals surface area (Å²) >= 11 is 0. The number of nitrogen functional groups attached to an aromatic ring is 1. The third-order valence-electron chi connectivity index (χ3n) is 2.43. The van der Waals surface area contributed by atoms with Gasteiger partial charge in [0.2, 0.25) is 0 Å². The smallest absolute Gasteiger partial charge is 0.127 e. The molecule has 17 heavy (non-hydrogen) atoms. The van der Waals surface area contributed by atoms with Crippen molar-refractivity contribution in [3.63, 3.8) is 0 Å². The fourth-order valence-electron chi connectivity index (χ4n) is 1.63. The van der Waals surface area contributed by atoms with Crippen molar-refractivity contribution < 1.29 is 0 Å². The van der Waals surface area contributed by atoms with Gasteiger partial charge in [0.1, 0.15) is 5.82 Å². The van der Waals surface area contributed by atoms with Crippen LogP contribution in [0.1, 0.15) is 12.1 Å². The third kappa shape index (κ3) is 3.22. The Morgan fingerprint density at radius 3 is 2.53 bits per heavy atom. The molecule has 0 aliphatic heterocycles. The largest absolute Gasteiger partial charge is 0.384 e. The summed E-state index contributed by atoms with van der Waals surface area (Å²) in [5.41, 5.74) is 13.4. The van der Waals surface area contributed by atoms with Crippen molar-refractivity contribution in [3.05, 3.63) is 42.1 Å². The molecule has 0 bridgehead atoms. The van der Waals surface area contributed by atoms with E-state index in [4.69, 9.17) is 11.5 Å². The minimum absolute atomic E-state index is 0. The lowest BCUT2D eigenvalue weighted by atomic mass is 10.2. The first kappa shape index (κ1) is 13.5. The Bertz CT molecular complexity index is 453. The zero-order valence-electron chi connectivity index (χ0n) is 9.54. The molecule has 2 aromatic rings.